The lowest BCUT2D eigenvalue weighted by Crippen LogP contribution is -2.27. The number of nitrogens with one attached hydrogen (secondary N) is 1. The maximum Gasteiger partial charge on any atom is 0.252 e. The summed E-state index contributed by atoms with van der Waals surface area (Å²) in [4.78, 5) is 19.1. The van der Waals surface area contributed by atoms with Crippen LogP contribution in [-0.2, 0) is 6.42 Å². The van der Waals surface area contributed by atoms with Crippen LogP contribution >= 0.6 is 0 Å². The minimum absolute atomic E-state index is 0.0807. The van der Waals surface area contributed by atoms with E-state index in [-0.39, 0.29) is 5.91 Å². The number of methoxy groups -OCH3 is 1. The smallest absolute Gasteiger partial charge is 0.252 e. The molecule has 2 heterocycles. The highest BCUT2D eigenvalue weighted by atomic mass is 16.5. The molecule has 0 unspecified atom stereocenters. The molecule has 1 aromatic carbocycles. The first kappa shape index (κ1) is 18.2. The van der Waals surface area contributed by atoms with Crippen LogP contribution in [0.5, 0.6) is 5.75 Å². The normalized spacial score (nSPS) is 14.6. The zero-order valence-corrected chi connectivity index (χ0v) is 15.4. The Morgan fingerprint density at radius 1 is 1.15 bits per heavy atom. The molecule has 1 saturated heterocycles. The Balaban J connectivity index is 1.51. The Bertz CT molecular complexity index is 707. The number of carbonyl (C=O) groups excluding carboxylic acids is 1. The molecule has 138 valence electrons. The van der Waals surface area contributed by atoms with Gasteiger partial charge in [-0.15, -0.1) is 0 Å². The number of benzene rings is 1. The first-order chi connectivity index (χ1) is 12.8. The van der Waals surface area contributed by atoms with E-state index < -0.39 is 0 Å². The summed E-state index contributed by atoms with van der Waals surface area (Å²) in [7, 11) is 1.66. The lowest BCUT2D eigenvalue weighted by Gasteiger charge is -2.21. The summed E-state index contributed by atoms with van der Waals surface area (Å²) in [5, 5.41) is 2.96. The van der Waals surface area contributed by atoms with E-state index in [1.54, 1.807) is 13.3 Å². The summed E-state index contributed by atoms with van der Waals surface area (Å²) >= 11 is 0. The van der Waals surface area contributed by atoms with Crippen molar-refractivity contribution in [2.24, 2.45) is 0 Å². The first-order valence-corrected chi connectivity index (χ1v) is 9.38. The molecule has 0 atom stereocenters. The Morgan fingerprint density at radius 3 is 2.65 bits per heavy atom. The number of amides is 1. The molecule has 0 aliphatic carbocycles. The van der Waals surface area contributed by atoms with E-state index in [9.17, 15) is 4.79 Å². The highest BCUT2D eigenvalue weighted by Gasteiger charge is 2.12. The molecule has 5 nitrogen and oxygen atoms in total. The molecule has 3 rings (SSSR count). The van der Waals surface area contributed by atoms with Crippen molar-refractivity contribution in [3.8, 4) is 5.75 Å². The number of aromatic nitrogens is 1. The molecule has 0 radical (unpaired) electrons. The van der Waals surface area contributed by atoms with E-state index in [2.05, 4.69) is 15.2 Å². The van der Waals surface area contributed by atoms with Gasteiger partial charge < -0.3 is 15.0 Å². The predicted molar refractivity (Wildman–Crippen MR) is 104 cm³/mol. The summed E-state index contributed by atoms with van der Waals surface area (Å²) in [6.45, 7) is 2.69. The predicted octanol–water partition coefficient (Wildman–Crippen LogP) is 3.44. The van der Waals surface area contributed by atoms with Crippen molar-refractivity contribution in [1.29, 1.82) is 0 Å². The van der Waals surface area contributed by atoms with Crippen LogP contribution in [0.1, 0.15) is 41.6 Å². The van der Waals surface area contributed by atoms with E-state index in [4.69, 9.17) is 4.74 Å². The number of hydrogen-bond donors (Lipinski definition) is 1. The van der Waals surface area contributed by atoms with Crippen LogP contribution in [0, 0.1) is 0 Å². The largest absolute Gasteiger partial charge is 0.497 e. The van der Waals surface area contributed by atoms with Crippen molar-refractivity contribution in [2.45, 2.75) is 32.1 Å². The summed E-state index contributed by atoms with van der Waals surface area (Å²) in [5.41, 5.74) is 1.74. The zero-order chi connectivity index (χ0) is 18.2. The number of nitrogens with zero attached hydrogens (tertiary/aromatic N) is 2. The molecule has 1 amide bonds. The first-order valence-electron chi connectivity index (χ1n) is 9.38. The SMILES string of the molecule is COc1cccc(CCNC(=O)c2ccc(N3CCCCCC3)nc2)c1. The van der Waals surface area contributed by atoms with Crippen LogP contribution < -0.4 is 15.0 Å². The number of ether oxygens (including phenoxy) is 1. The maximum absolute atomic E-state index is 12.3. The molecular weight excluding hydrogens is 326 g/mol. The van der Waals surface area contributed by atoms with Crippen molar-refractivity contribution >= 4 is 11.7 Å². The van der Waals surface area contributed by atoms with Gasteiger partial charge in [0, 0.05) is 25.8 Å². The number of carbonyl (C=O) groups is 1. The Labute approximate surface area is 155 Å². The molecule has 1 fully saturated rings. The quantitative estimate of drug-likeness (QED) is 0.864. The second-order valence-electron chi connectivity index (χ2n) is 6.66. The summed E-state index contributed by atoms with van der Waals surface area (Å²) in [6.07, 6.45) is 7.47. The molecule has 1 aliphatic heterocycles. The topological polar surface area (TPSA) is 54.5 Å². The Hall–Kier alpha value is -2.56. The fraction of sp³-hybridized carbons (Fsp3) is 0.429. The van der Waals surface area contributed by atoms with Gasteiger partial charge in [-0.2, -0.15) is 0 Å². The number of hydrogen-bond acceptors (Lipinski definition) is 4. The van der Waals surface area contributed by atoms with Crippen LogP contribution in [0.2, 0.25) is 0 Å². The van der Waals surface area contributed by atoms with Gasteiger partial charge in [0.15, 0.2) is 0 Å². The van der Waals surface area contributed by atoms with Gasteiger partial charge in [0.1, 0.15) is 11.6 Å². The van der Waals surface area contributed by atoms with E-state index in [1.807, 2.05) is 36.4 Å². The van der Waals surface area contributed by atoms with Crippen molar-refractivity contribution in [3.05, 3.63) is 53.7 Å². The fourth-order valence-electron chi connectivity index (χ4n) is 3.26. The second kappa shape index (κ2) is 9.22. The van der Waals surface area contributed by atoms with Crippen LogP contribution in [0.4, 0.5) is 5.82 Å². The van der Waals surface area contributed by atoms with Gasteiger partial charge in [-0.25, -0.2) is 4.98 Å². The monoisotopic (exact) mass is 353 g/mol. The van der Waals surface area contributed by atoms with E-state index >= 15 is 0 Å². The standard InChI is InChI=1S/C21H27N3O2/c1-26-19-8-6-7-17(15-19)11-12-22-21(25)18-9-10-20(23-16-18)24-13-4-2-3-5-14-24/h6-10,15-16H,2-5,11-14H2,1H3,(H,22,25). The van der Waals surface area contributed by atoms with Crippen molar-refractivity contribution in [3.63, 3.8) is 0 Å². The summed E-state index contributed by atoms with van der Waals surface area (Å²) < 4.78 is 5.22. The van der Waals surface area contributed by atoms with Crippen molar-refractivity contribution in [1.82, 2.24) is 10.3 Å². The molecule has 26 heavy (non-hydrogen) atoms. The van der Waals surface area contributed by atoms with Gasteiger partial charge in [-0.05, 0) is 49.1 Å². The molecule has 1 aliphatic rings. The average Bonchev–Trinajstić information content (AvgIpc) is 2.98. The minimum Gasteiger partial charge on any atom is -0.497 e. The van der Waals surface area contributed by atoms with E-state index in [1.165, 1.54) is 25.7 Å². The van der Waals surface area contributed by atoms with Crippen LogP contribution in [0.15, 0.2) is 42.6 Å². The highest BCUT2D eigenvalue weighted by molar-refractivity contribution is 5.94. The minimum atomic E-state index is -0.0807. The third kappa shape index (κ3) is 4.97. The maximum atomic E-state index is 12.3. The molecule has 1 aromatic heterocycles. The highest BCUT2D eigenvalue weighted by Crippen LogP contribution is 2.17. The van der Waals surface area contributed by atoms with E-state index in [0.717, 1.165) is 36.6 Å². The lowest BCUT2D eigenvalue weighted by atomic mass is 10.1. The van der Waals surface area contributed by atoms with Crippen molar-refractivity contribution < 1.29 is 9.53 Å². The van der Waals surface area contributed by atoms with Gasteiger partial charge in [-0.3, -0.25) is 4.79 Å². The number of pyridine rings is 1. The third-order valence-electron chi connectivity index (χ3n) is 4.77. The average molecular weight is 353 g/mol. The molecule has 0 bridgehead atoms. The molecule has 2 aromatic rings. The molecular formula is C21H27N3O2. The van der Waals surface area contributed by atoms with Gasteiger partial charge in [0.25, 0.3) is 5.91 Å². The van der Waals surface area contributed by atoms with Crippen molar-refractivity contribution in [2.75, 3.05) is 31.6 Å². The van der Waals surface area contributed by atoms with Gasteiger partial charge in [-0.1, -0.05) is 25.0 Å². The Kier molecular flexibility index (Phi) is 6.47. The van der Waals surface area contributed by atoms with Crippen LogP contribution in [0.3, 0.4) is 0 Å². The van der Waals surface area contributed by atoms with Crippen LogP contribution in [-0.4, -0.2) is 37.6 Å². The summed E-state index contributed by atoms with van der Waals surface area (Å²) in [6, 6.07) is 11.7. The third-order valence-corrected chi connectivity index (χ3v) is 4.77. The summed E-state index contributed by atoms with van der Waals surface area (Å²) in [5.74, 6) is 1.73. The second-order valence-corrected chi connectivity index (χ2v) is 6.66. The molecule has 0 spiro atoms. The zero-order valence-electron chi connectivity index (χ0n) is 15.4. The molecule has 5 heteroatoms. The van der Waals surface area contributed by atoms with Crippen LogP contribution in [0.25, 0.3) is 0 Å². The molecule has 0 saturated carbocycles. The fourth-order valence-corrected chi connectivity index (χ4v) is 3.26. The van der Waals surface area contributed by atoms with E-state index in [0.29, 0.717) is 12.1 Å². The number of rotatable bonds is 6. The van der Waals surface area contributed by atoms with Gasteiger partial charge in [0.2, 0.25) is 0 Å². The van der Waals surface area contributed by atoms with Gasteiger partial charge in [0.05, 0.1) is 12.7 Å². The molecule has 1 N–H and O–H groups in total. The lowest BCUT2D eigenvalue weighted by molar-refractivity contribution is 0.0954. The Morgan fingerprint density at radius 2 is 1.96 bits per heavy atom. The number of anilines is 1. The van der Waals surface area contributed by atoms with Gasteiger partial charge >= 0.3 is 0 Å².